The van der Waals surface area contributed by atoms with Gasteiger partial charge in [-0.25, -0.2) is 0 Å². The normalized spacial score (nSPS) is 23.5. The third kappa shape index (κ3) is 2.59. The van der Waals surface area contributed by atoms with Gasteiger partial charge in [-0.2, -0.15) is 5.10 Å². The number of nitrogens with zero attached hydrogens (tertiary/aromatic N) is 2. The minimum absolute atomic E-state index is 0.530. The van der Waals surface area contributed by atoms with Gasteiger partial charge in [-0.1, -0.05) is 6.92 Å². The Morgan fingerprint density at radius 3 is 2.89 bits per heavy atom. The Labute approximate surface area is 113 Å². The van der Waals surface area contributed by atoms with Gasteiger partial charge in [-0.05, 0) is 43.4 Å². The second kappa shape index (κ2) is 4.85. The zero-order valence-corrected chi connectivity index (χ0v) is 11.4. The average Bonchev–Trinajstić information content (AvgIpc) is 2.83. The lowest BCUT2D eigenvalue weighted by atomic mass is 10.1. The minimum Gasteiger partial charge on any atom is -0.463 e. The number of aryl methyl sites for hydroxylation is 2. The molecule has 0 saturated heterocycles. The van der Waals surface area contributed by atoms with Crippen molar-refractivity contribution in [1.29, 1.82) is 0 Å². The van der Waals surface area contributed by atoms with Gasteiger partial charge in [0.1, 0.15) is 17.6 Å². The number of aliphatic hydroxyl groups is 1. The van der Waals surface area contributed by atoms with E-state index in [2.05, 4.69) is 12.0 Å². The van der Waals surface area contributed by atoms with Gasteiger partial charge >= 0.3 is 0 Å². The van der Waals surface area contributed by atoms with E-state index in [1.807, 2.05) is 29.9 Å². The van der Waals surface area contributed by atoms with E-state index in [0.717, 1.165) is 23.8 Å². The summed E-state index contributed by atoms with van der Waals surface area (Å²) >= 11 is 0. The summed E-state index contributed by atoms with van der Waals surface area (Å²) in [6, 6.07) is 5.90. The monoisotopic (exact) mass is 260 g/mol. The summed E-state index contributed by atoms with van der Waals surface area (Å²) in [5, 5.41) is 14.3. The van der Waals surface area contributed by atoms with Gasteiger partial charge in [0, 0.05) is 24.9 Å². The number of aliphatic hydroxyl groups excluding tert-OH is 1. The number of furan rings is 1. The SMILES string of the molecule is CC1CC1c1ccc(C(O)CCc2ccnn2C)o1. The Morgan fingerprint density at radius 1 is 1.47 bits per heavy atom. The molecule has 102 valence electrons. The summed E-state index contributed by atoms with van der Waals surface area (Å²) in [5.74, 6) is 3.02. The highest BCUT2D eigenvalue weighted by atomic mass is 16.4. The van der Waals surface area contributed by atoms with Crippen LogP contribution in [0.25, 0.3) is 0 Å². The molecule has 0 bridgehead atoms. The first-order valence-corrected chi connectivity index (χ1v) is 6.89. The number of hydrogen-bond acceptors (Lipinski definition) is 3. The first-order valence-electron chi connectivity index (χ1n) is 6.89. The van der Waals surface area contributed by atoms with Crippen LogP contribution in [0, 0.1) is 5.92 Å². The highest BCUT2D eigenvalue weighted by Crippen LogP contribution is 2.47. The summed E-state index contributed by atoms with van der Waals surface area (Å²) < 4.78 is 7.61. The molecule has 1 saturated carbocycles. The highest BCUT2D eigenvalue weighted by molar-refractivity contribution is 5.18. The molecule has 0 amide bonds. The molecular weight excluding hydrogens is 240 g/mol. The molecular formula is C15H20N2O2. The predicted molar refractivity (Wildman–Crippen MR) is 71.7 cm³/mol. The lowest BCUT2D eigenvalue weighted by molar-refractivity contribution is 0.138. The molecule has 3 unspecified atom stereocenters. The van der Waals surface area contributed by atoms with Crippen molar-refractivity contribution in [3.05, 3.63) is 41.6 Å². The summed E-state index contributed by atoms with van der Waals surface area (Å²) in [4.78, 5) is 0. The molecule has 2 aromatic heterocycles. The summed E-state index contributed by atoms with van der Waals surface area (Å²) in [5.41, 5.74) is 1.13. The lowest BCUT2D eigenvalue weighted by Crippen LogP contribution is -2.02. The molecule has 4 heteroatoms. The van der Waals surface area contributed by atoms with Gasteiger partial charge in [0.15, 0.2) is 0 Å². The molecule has 2 heterocycles. The van der Waals surface area contributed by atoms with Crippen LogP contribution in [0.4, 0.5) is 0 Å². The fourth-order valence-electron chi connectivity index (χ4n) is 2.54. The molecule has 0 spiro atoms. The van der Waals surface area contributed by atoms with E-state index in [4.69, 9.17) is 4.42 Å². The first-order chi connectivity index (χ1) is 9.15. The van der Waals surface area contributed by atoms with Crippen LogP contribution in [0.5, 0.6) is 0 Å². The Morgan fingerprint density at radius 2 is 2.26 bits per heavy atom. The fourth-order valence-corrected chi connectivity index (χ4v) is 2.54. The standard InChI is InChI=1S/C15H20N2O2/c1-10-9-12(10)14-5-6-15(19-14)13(18)4-3-11-7-8-16-17(11)2/h5-8,10,12-13,18H,3-4,9H2,1-2H3. The van der Waals surface area contributed by atoms with E-state index < -0.39 is 6.10 Å². The lowest BCUT2D eigenvalue weighted by Gasteiger charge is -2.07. The van der Waals surface area contributed by atoms with Crippen LogP contribution >= 0.6 is 0 Å². The maximum atomic E-state index is 10.2. The Balaban J connectivity index is 1.59. The summed E-state index contributed by atoms with van der Waals surface area (Å²) in [6.45, 7) is 2.23. The Bertz CT molecular complexity index is 558. The second-order valence-corrected chi connectivity index (χ2v) is 5.56. The van der Waals surface area contributed by atoms with E-state index in [9.17, 15) is 5.11 Å². The van der Waals surface area contributed by atoms with E-state index in [1.54, 1.807) is 6.20 Å². The predicted octanol–water partition coefficient (Wildman–Crippen LogP) is 2.80. The van der Waals surface area contributed by atoms with Crippen molar-refractivity contribution < 1.29 is 9.52 Å². The zero-order chi connectivity index (χ0) is 13.4. The van der Waals surface area contributed by atoms with Gasteiger partial charge in [-0.15, -0.1) is 0 Å². The van der Waals surface area contributed by atoms with Crippen LogP contribution in [-0.4, -0.2) is 14.9 Å². The maximum Gasteiger partial charge on any atom is 0.132 e. The number of aromatic nitrogens is 2. The molecule has 0 aromatic carbocycles. The van der Waals surface area contributed by atoms with Crippen LogP contribution < -0.4 is 0 Å². The van der Waals surface area contributed by atoms with Gasteiger partial charge in [0.2, 0.25) is 0 Å². The fraction of sp³-hybridized carbons (Fsp3) is 0.533. The molecule has 2 aromatic rings. The van der Waals surface area contributed by atoms with Crippen molar-refractivity contribution >= 4 is 0 Å². The molecule has 19 heavy (non-hydrogen) atoms. The quantitative estimate of drug-likeness (QED) is 0.899. The van der Waals surface area contributed by atoms with Crippen LogP contribution in [-0.2, 0) is 13.5 Å². The molecule has 3 atom stereocenters. The molecule has 4 nitrogen and oxygen atoms in total. The van der Waals surface area contributed by atoms with Crippen molar-refractivity contribution in [2.24, 2.45) is 13.0 Å². The van der Waals surface area contributed by atoms with E-state index >= 15 is 0 Å². The first kappa shape index (κ1) is 12.5. The van der Waals surface area contributed by atoms with Crippen LogP contribution in [0.1, 0.15) is 49.0 Å². The second-order valence-electron chi connectivity index (χ2n) is 5.56. The molecule has 3 rings (SSSR count). The summed E-state index contributed by atoms with van der Waals surface area (Å²) in [6.07, 6.45) is 3.91. The molecule has 0 radical (unpaired) electrons. The molecule has 1 fully saturated rings. The number of rotatable bonds is 5. The number of hydrogen-bond donors (Lipinski definition) is 1. The van der Waals surface area contributed by atoms with E-state index in [1.165, 1.54) is 6.42 Å². The van der Waals surface area contributed by atoms with Crippen LogP contribution in [0.2, 0.25) is 0 Å². The van der Waals surface area contributed by atoms with Gasteiger partial charge < -0.3 is 9.52 Å². The van der Waals surface area contributed by atoms with Gasteiger partial charge in [0.25, 0.3) is 0 Å². The van der Waals surface area contributed by atoms with Crippen LogP contribution in [0.15, 0.2) is 28.8 Å². The zero-order valence-electron chi connectivity index (χ0n) is 11.4. The molecule has 1 aliphatic rings. The largest absolute Gasteiger partial charge is 0.463 e. The maximum absolute atomic E-state index is 10.2. The molecule has 1 N–H and O–H groups in total. The third-order valence-electron chi connectivity index (χ3n) is 4.05. The van der Waals surface area contributed by atoms with Crippen LogP contribution in [0.3, 0.4) is 0 Å². The van der Waals surface area contributed by atoms with Crippen molar-refractivity contribution in [3.63, 3.8) is 0 Å². The van der Waals surface area contributed by atoms with Crippen molar-refractivity contribution in [2.75, 3.05) is 0 Å². The minimum atomic E-state index is -0.530. The Kier molecular flexibility index (Phi) is 3.19. The van der Waals surface area contributed by atoms with E-state index in [0.29, 0.717) is 18.1 Å². The van der Waals surface area contributed by atoms with Crippen molar-refractivity contribution in [1.82, 2.24) is 9.78 Å². The average molecular weight is 260 g/mol. The summed E-state index contributed by atoms with van der Waals surface area (Å²) in [7, 11) is 1.92. The van der Waals surface area contributed by atoms with Crippen molar-refractivity contribution in [2.45, 2.75) is 38.2 Å². The highest BCUT2D eigenvalue weighted by Gasteiger charge is 2.36. The molecule has 0 aliphatic heterocycles. The smallest absolute Gasteiger partial charge is 0.132 e. The Hall–Kier alpha value is -1.55. The van der Waals surface area contributed by atoms with Gasteiger partial charge in [0.05, 0.1) is 0 Å². The van der Waals surface area contributed by atoms with E-state index in [-0.39, 0.29) is 0 Å². The third-order valence-corrected chi connectivity index (χ3v) is 4.05. The molecule has 1 aliphatic carbocycles. The van der Waals surface area contributed by atoms with Crippen molar-refractivity contribution in [3.8, 4) is 0 Å². The topological polar surface area (TPSA) is 51.2 Å². The van der Waals surface area contributed by atoms with Gasteiger partial charge in [-0.3, -0.25) is 4.68 Å².